The Morgan fingerprint density at radius 3 is 2.61 bits per heavy atom. The van der Waals surface area contributed by atoms with Gasteiger partial charge in [-0.3, -0.25) is 0 Å². The zero-order chi connectivity index (χ0) is 16.7. The first-order valence-corrected chi connectivity index (χ1v) is 9.72. The van der Waals surface area contributed by atoms with Crippen molar-refractivity contribution in [2.75, 3.05) is 19.7 Å². The first kappa shape index (κ1) is 16.9. The molecule has 1 aromatic carbocycles. The lowest BCUT2D eigenvalue weighted by Gasteiger charge is -2.55. The van der Waals surface area contributed by atoms with Crippen LogP contribution in [-0.2, 0) is 14.8 Å². The SMILES string of the molecule is Cc1ccc(S(=O)(=O)NCCN[C@@H]2[C@@H]3CCO[C@H]3C2(C)C)cc1. The van der Waals surface area contributed by atoms with Gasteiger partial charge in [-0.2, -0.15) is 0 Å². The maximum Gasteiger partial charge on any atom is 0.240 e. The molecule has 0 spiro atoms. The van der Waals surface area contributed by atoms with Crippen LogP contribution in [0.25, 0.3) is 0 Å². The number of benzene rings is 1. The quantitative estimate of drug-likeness (QED) is 0.775. The van der Waals surface area contributed by atoms with E-state index in [9.17, 15) is 8.42 Å². The molecule has 6 heteroatoms. The van der Waals surface area contributed by atoms with Gasteiger partial charge in [0.25, 0.3) is 0 Å². The second-order valence-corrected chi connectivity index (χ2v) is 8.97. The molecule has 1 aliphatic carbocycles. The van der Waals surface area contributed by atoms with Gasteiger partial charge in [0.05, 0.1) is 11.0 Å². The standard InChI is InChI=1S/C17H26N2O3S/c1-12-4-6-13(7-5-12)23(20,21)19-10-9-18-15-14-8-11-22-16(14)17(15,2)3/h4-7,14-16,18-19H,8-11H2,1-3H3/t14-,15+,16+/m0/s1. The highest BCUT2D eigenvalue weighted by Gasteiger charge is 2.58. The summed E-state index contributed by atoms with van der Waals surface area (Å²) in [5.41, 5.74) is 1.17. The minimum absolute atomic E-state index is 0.122. The van der Waals surface area contributed by atoms with E-state index in [0.717, 1.165) is 18.6 Å². The van der Waals surface area contributed by atoms with E-state index >= 15 is 0 Å². The van der Waals surface area contributed by atoms with Crippen LogP contribution in [0.1, 0.15) is 25.8 Å². The van der Waals surface area contributed by atoms with Crippen LogP contribution in [0.3, 0.4) is 0 Å². The van der Waals surface area contributed by atoms with Gasteiger partial charge in [0, 0.05) is 37.1 Å². The monoisotopic (exact) mass is 338 g/mol. The fraction of sp³-hybridized carbons (Fsp3) is 0.647. The number of fused-ring (bicyclic) bond motifs is 1. The third-order valence-corrected chi connectivity index (χ3v) is 6.69. The number of ether oxygens (including phenoxy) is 1. The number of hydrogen-bond acceptors (Lipinski definition) is 4. The Balaban J connectivity index is 1.49. The van der Waals surface area contributed by atoms with Crippen LogP contribution in [0.4, 0.5) is 0 Å². The van der Waals surface area contributed by atoms with Crippen molar-refractivity contribution in [1.29, 1.82) is 0 Å². The smallest absolute Gasteiger partial charge is 0.240 e. The van der Waals surface area contributed by atoms with Crippen LogP contribution in [0.2, 0.25) is 0 Å². The summed E-state index contributed by atoms with van der Waals surface area (Å²) in [4.78, 5) is 0.316. The van der Waals surface area contributed by atoms with E-state index in [4.69, 9.17) is 4.74 Å². The fourth-order valence-electron chi connectivity index (χ4n) is 3.95. The molecule has 2 N–H and O–H groups in total. The van der Waals surface area contributed by atoms with E-state index in [-0.39, 0.29) is 5.41 Å². The highest BCUT2D eigenvalue weighted by molar-refractivity contribution is 7.89. The summed E-state index contributed by atoms with van der Waals surface area (Å²) in [5.74, 6) is 0.568. The molecular weight excluding hydrogens is 312 g/mol. The number of hydrogen-bond donors (Lipinski definition) is 2. The summed E-state index contributed by atoms with van der Waals surface area (Å²) >= 11 is 0. The lowest BCUT2D eigenvalue weighted by Crippen LogP contribution is -2.66. The van der Waals surface area contributed by atoms with Crippen molar-refractivity contribution in [2.24, 2.45) is 11.3 Å². The molecule has 3 atom stereocenters. The largest absolute Gasteiger partial charge is 0.377 e. The zero-order valence-corrected chi connectivity index (χ0v) is 14.8. The number of sulfonamides is 1. The fourth-order valence-corrected chi connectivity index (χ4v) is 4.98. The molecule has 0 unspecified atom stereocenters. The van der Waals surface area contributed by atoms with Gasteiger partial charge in [-0.25, -0.2) is 13.1 Å². The van der Waals surface area contributed by atoms with Crippen molar-refractivity contribution < 1.29 is 13.2 Å². The van der Waals surface area contributed by atoms with Crippen LogP contribution in [-0.4, -0.2) is 40.3 Å². The molecule has 5 nitrogen and oxygen atoms in total. The molecule has 0 aromatic heterocycles. The molecule has 0 bridgehead atoms. The maximum absolute atomic E-state index is 12.2. The van der Waals surface area contributed by atoms with E-state index < -0.39 is 10.0 Å². The molecule has 1 aliphatic heterocycles. The topological polar surface area (TPSA) is 67.4 Å². The lowest BCUT2D eigenvalue weighted by atomic mass is 9.57. The van der Waals surface area contributed by atoms with Crippen molar-refractivity contribution in [3.05, 3.63) is 29.8 Å². The van der Waals surface area contributed by atoms with Crippen molar-refractivity contribution in [1.82, 2.24) is 10.0 Å². The Labute approximate surface area is 138 Å². The van der Waals surface area contributed by atoms with E-state index in [0.29, 0.717) is 36.0 Å². The minimum Gasteiger partial charge on any atom is -0.377 e. The van der Waals surface area contributed by atoms with Crippen molar-refractivity contribution in [3.8, 4) is 0 Å². The molecule has 1 aromatic rings. The predicted molar refractivity (Wildman–Crippen MR) is 89.8 cm³/mol. The highest BCUT2D eigenvalue weighted by atomic mass is 32.2. The number of nitrogens with one attached hydrogen (secondary N) is 2. The molecule has 2 fully saturated rings. The van der Waals surface area contributed by atoms with Crippen molar-refractivity contribution in [2.45, 2.75) is 44.2 Å². The van der Waals surface area contributed by atoms with Crippen LogP contribution < -0.4 is 10.0 Å². The summed E-state index contributed by atoms with van der Waals surface area (Å²) < 4.78 is 32.9. The molecule has 3 rings (SSSR count). The van der Waals surface area contributed by atoms with Gasteiger partial charge >= 0.3 is 0 Å². The van der Waals surface area contributed by atoms with Gasteiger partial charge in [0.2, 0.25) is 10.0 Å². The lowest BCUT2D eigenvalue weighted by molar-refractivity contribution is -0.112. The summed E-state index contributed by atoms with van der Waals surface area (Å²) in [6, 6.07) is 7.30. The van der Waals surface area contributed by atoms with E-state index in [2.05, 4.69) is 23.9 Å². The molecular formula is C17H26N2O3S. The second kappa shape index (κ2) is 6.16. The first-order valence-electron chi connectivity index (χ1n) is 8.24. The Bertz CT molecular complexity index is 655. The molecule has 1 saturated carbocycles. The minimum atomic E-state index is -3.42. The summed E-state index contributed by atoms with van der Waals surface area (Å²) in [6.45, 7) is 8.23. The van der Waals surface area contributed by atoms with E-state index in [1.54, 1.807) is 12.1 Å². The van der Waals surface area contributed by atoms with Crippen LogP contribution in [0.15, 0.2) is 29.2 Å². The Morgan fingerprint density at radius 2 is 1.91 bits per heavy atom. The van der Waals surface area contributed by atoms with Crippen LogP contribution in [0.5, 0.6) is 0 Å². The van der Waals surface area contributed by atoms with Gasteiger partial charge in [-0.1, -0.05) is 31.5 Å². The van der Waals surface area contributed by atoms with Crippen molar-refractivity contribution >= 4 is 10.0 Å². The Hall–Kier alpha value is -0.950. The summed E-state index contributed by atoms with van der Waals surface area (Å²) in [7, 11) is -3.42. The first-order chi connectivity index (χ1) is 10.8. The second-order valence-electron chi connectivity index (χ2n) is 7.21. The molecule has 23 heavy (non-hydrogen) atoms. The molecule has 0 amide bonds. The number of rotatable bonds is 6. The maximum atomic E-state index is 12.2. The average molecular weight is 338 g/mol. The van der Waals surface area contributed by atoms with Gasteiger partial charge in [0.1, 0.15) is 0 Å². The van der Waals surface area contributed by atoms with Crippen LogP contribution in [0, 0.1) is 18.3 Å². The van der Waals surface area contributed by atoms with Crippen molar-refractivity contribution in [3.63, 3.8) is 0 Å². The van der Waals surface area contributed by atoms with E-state index in [1.165, 1.54) is 0 Å². The van der Waals surface area contributed by atoms with E-state index in [1.807, 2.05) is 19.1 Å². The average Bonchev–Trinajstić information content (AvgIpc) is 2.94. The molecule has 1 saturated heterocycles. The Morgan fingerprint density at radius 1 is 1.22 bits per heavy atom. The van der Waals surface area contributed by atoms with Gasteiger partial charge in [0.15, 0.2) is 0 Å². The highest BCUT2D eigenvalue weighted by Crippen LogP contribution is 2.51. The summed E-state index contributed by atoms with van der Waals surface area (Å²) in [5, 5.41) is 3.51. The summed E-state index contributed by atoms with van der Waals surface area (Å²) in [6.07, 6.45) is 1.45. The molecule has 2 aliphatic rings. The van der Waals surface area contributed by atoms with Gasteiger partial charge in [-0.05, 0) is 25.5 Å². The van der Waals surface area contributed by atoms with Crippen LogP contribution >= 0.6 is 0 Å². The Kier molecular flexibility index (Phi) is 4.53. The number of aryl methyl sites for hydroxylation is 1. The zero-order valence-electron chi connectivity index (χ0n) is 14.0. The molecule has 128 valence electrons. The predicted octanol–water partition coefficient (Wildman–Crippen LogP) is 1.68. The van der Waals surface area contributed by atoms with Gasteiger partial charge in [-0.15, -0.1) is 0 Å². The van der Waals surface area contributed by atoms with Gasteiger partial charge < -0.3 is 10.1 Å². The third-order valence-electron chi connectivity index (χ3n) is 5.21. The third kappa shape index (κ3) is 3.18. The normalized spacial score (nSPS) is 29.1. The molecule has 1 heterocycles. The molecule has 0 radical (unpaired) electrons.